The molecule has 9 nitrogen and oxygen atoms in total. The van der Waals surface area contributed by atoms with Gasteiger partial charge in [0.1, 0.15) is 5.75 Å². The Labute approximate surface area is 188 Å². The van der Waals surface area contributed by atoms with E-state index in [0.717, 1.165) is 12.8 Å². The summed E-state index contributed by atoms with van der Waals surface area (Å²) in [6.07, 6.45) is 0.885. The minimum Gasteiger partial charge on any atom is -0.496 e. The van der Waals surface area contributed by atoms with Crippen molar-refractivity contribution in [3.05, 3.63) is 41.5 Å². The molecule has 2 aromatic rings. The Morgan fingerprint density at radius 2 is 1.44 bits per heavy atom. The minimum absolute atomic E-state index is 0.0774. The van der Waals surface area contributed by atoms with Gasteiger partial charge < -0.3 is 23.5 Å². The van der Waals surface area contributed by atoms with E-state index in [4.69, 9.17) is 18.4 Å². The predicted octanol–water partition coefficient (Wildman–Crippen LogP) is 4.43. The fourth-order valence-corrected chi connectivity index (χ4v) is 4.40. The highest BCUT2D eigenvalue weighted by Crippen LogP contribution is 2.43. The number of para-hydroxylation sites is 1. The third-order valence-electron chi connectivity index (χ3n) is 4.69. The van der Waals surface area contributed by atoms with Crippen LogP contribution >= 0.6 is 0 Å². The van der Waals surface area contributed by atoms with Crippen molar-refractivity contribution in [2.75, 3.05) is 25.6 Å². The van der Waals surface area contributed by atoms with E-state index in [2.05, 4.69) is 0 Å². The van der Waals surface area contributed by atoms with Crippen molar-refractivity contribution in [1.29, 1.82) is 0 Å². The van der Waals surface area contributed by atoms with Gasteiger partial charge >= 0.3 is 16.4 Å². The topological polar surface area (TPSA) is 112 Å². The maximum Gasteiger partial charge on any atom is 0.428 e. The Balaban J connectivity index is 2.68. The number of methoxy groups -OCH3 is 3. The molecule has 0 bridgehead atoms. The average molecular weight is 468 g/mol. The summed E-state index contributed by atoms with van der Waals surface area (Å²) in [5.41, 5.74) is 1.02. The summed E-state index contributed by atoms with van der Waals surface area (Å²) in [5.74, 6) is 0.288. The molecular weight excluding hydrogens is 438 g/mol. The molecule has 176 valence electrons. The maximum absolute atomic E-state index is 13.3. The number of benzene rings is 2. The number of carbonyl (C=O) groups is 1. The van der Waals surface area contributed by atoms with Crippen molar-refractivity contribution in [1.82, 2.24) is 0 Å². The maximum atomic E-state index is 13.3. The van der Waals surface area contributed by atoms with E-state index in [9.17, 15) is 18.3 Å². The first-order valence-electron chi connectivity index (χ1n) is 10.1. The lowest BCUT2D eigenvalue weighted by atomic mass is 10.0. The Kier molecular flexibility index (Phi) is 8.59. The summed E-state index contributed by atoms with van der Waals surface area (Å²) >= 11 is 0. The zero-order chi connectivity index (χ0) is 23.9. The van der Waals surface area contributed by atoms with Crippen molar-refractivity contribution in [3.63, 3.8) is 0 Å². The van der Waals surface area contributed by atoms with Gasteiger partial charge in [-0.2, -0.15) is 8.42 Å². The molecule has 0 fully saturated rings. The molecular formula is C22H29NO8S. The van der Waals surface area contributed by atoms with Crippen LogP contribution in [0.2, 0.25) is 0 Å². The summed E-state index contributed by atoms with van der Waals surface area (Å²) in [6, 6.07) is 8.09. The smallest absolute Gasteiger partial charge is 0.428 e. The first kappa shape index (κ1) is 25.1. The number of anilines is 1. The van der Waals surface area contributed by atoms with Crippen LogP contribution in [0.1, 0.15) is 37.8 Å². The van der Waals surface area contributed by atoms with Crippen LogP contribution in [0.3, 0.4) is 0 Å². The molecule has 0 aliphatic rings. The van der Waals surface area contributed by atoms with Crippen LogP contribution in [0.4, 0.5) is 10.5 Å². The van der Waals surface area contributed by atoms with Crippen LogP contribution in [0.15, 0.2) is 30.3 Å². The van der Waals surface area contributed by atoms with Gasteiger partial charge in [0, 0.05) is 12.1 Å². The normalized spacial score (nSPS) is 11.0. The summed E-state index contributed by atoms with van der Waals surface area (Å²) in [7, 11) is -0.898. The molecule has 0 atom stereocenters. The van der Waals surface area contributed by atoms with E-state index < -0.39 is 16.4 Å². The second-order valence-corrected chi connectivity index (χ2v) is 8.26. The van der Waals surface area contributed by atoms with Crippen molar-refractivity contribution < 1.29 is 36.7 Å². The van der Waals surface area contributed by atoms with Gasteiger partial charge in [-0.15, -0.1) is 4.31 Å². The average Bonchev–Trinajstić information content (AvgIpc) is 2.75. The van der Waals surface area contributed by atoms with Crippen LogP contribution in [0.5, 0.6) is 23.0 Å². The van der Waals surface area contributed by atoms with Gasteiger partial charge in [0.05, 0.1) is 21.3 Å². The number of aryl methyl sites for hydroxylation is 2. The molecule has 0 aromatic heterocycles. The molecule has 0 aliphatic heterocycles. The van der Waals surface area contributed by atoms with E-state index in [1.165, 1.54) is 33.5 Å². The van der Waals surface area contributed by atoms with Crippen LogP contribution in [0.25, 0.3) is 0 Å². The molecule has 1 amide bonds. The Hall–Kier alpha value is -3.14. The number of amides is 1. The highest BCUT2D eigenvalue weighted by atomic mass is 32.2. The first-order chi connectivity index (χ1) is 15.2. The standard InChI is InChI=1S/C22H29NO8S/c1-6-9-15-11-8-12-16(10-7-2)21(15)31-32(26,27)23(22(24)25)20-18(29-4)13-17(28-3)14-19(20)30-5/h8,11-14H,6-7,9-10H2,1-5H3,(H,24,25). The molecule has 0 aliphatic carbocycles. The molecule has 10 heteroatoms. The molecule has 32 heavy (non-hydrogen) atoms. The van der Waals surface area contributed by atoms with Crippen molar-refractivity contribution >= 4 is 22.1 Å². The molecule has 2 rings (SSSR count). The molecule has 2 aromatic carbocycles. The number of rotatable bonds is 11. The summed E-state index contributed by atoms with van der Waals surface area (Å²) in [4.78, 5) is 12.2. The van der Waals surface area contributed by atoms with E-state index in [1.54, 1.807) is 12.1 Å². The fraction of sp³-hybridized carbons (Fsp3) is 0.409. The number of hydrogen-bond acceptors (Lipinski definition) is 7. The zero-order valence-corrected chi connectivity index (χ0v) is 19.7. The highest BCUT2D eigenvalue weighted by molar-refractivity contribution is 7.89. The first-order valence-corrected chi connectivity index (χ1v) is 11.5. The molecule has 0 spiro atoms. The Morgan fingerprint density at radius 3 is 1.81 bits per heavy atom. The van der Waals surface area contributed by atoms with Crippen molar-refractivity contribution in [2.45, 2.75) is 39.5 Å². The van der Waals surface area contributed by atoms with Gasteiger partial charge in [-0.3, -0.25) is 0 Å². The summed E-state index contributed by atoms with van der Waals surface area (Å²) in [6.45, 7) is 3.92. The lowest BCUT2D eigenvalue weighted by molar-refractivity contribution is 0.205. The van der Waals surface area contributed by atoms with Crippen LogP contribution in [-0.4, -0.2) is 40.9 Å². The third kappa shape index (κ3) is 5.37. The number of nitrogens with zero attached hydrogens (tertiary/aromatic N) is 1. The lowest BCUT2D eigenvalue weighted by Crippen LogP contribution is -2.39. The zero-order valence-electron chi connectivity index (χ0n) is 18.9. The summed E-state index contributed by atoms with van der Waals surface area (Å²) < 4.78 is 47.9. The second kappa shape index (κ2) is 10.9. The number of hydrogen-bond donors (Lipinski definition) is 1. The number of carboxylic acid groups (broad SMARTS) is 1. The molecule has 0 unspecified atom stereocenters. The van der Waals surface area contributed by atoms with E-state index in [0.29, 0.717) is 29.7 Å². The third-order valence-corrected chi connectivity index (χ3v) is 5.86. The molecule has 0 saturated heterocycles. The van der Waals surface area contributed by atoms with Crippen LogP contribution < -0.4 is 22.7 Å². The van der Waals surface area contributed by atoms with Crippen molar-refractivity contribution in [3.8, 4) is 23.0 Å². The van der Waals surface area contributed by atoms with Gasteiger partial charge in [-0.1, -0.05) is 44.9 Å². The molecule has 1 N–H and O–H groups in total. The van der Waals surface area contributed by atoms with Gasteiger partial charge in [-0.25, -0.2) is 4.79 Å². The Morgan fingerprint density at radius 1 is 0.938 bits per heavy atom. The van der Waals surface area contributed by atoms with Crippen LogP contribution in [-0.2, 0) is 23.1 Å². The van der Waals surface area contributed by atoms with E-state index in [-0.39, 0.29) is 27.2 Å². The van der Waals surface area contributed by atoms with Crippen LogP contribution in [0, 0.1) is 0 Å². The number of ether oxygens (including phenoxy) is 3. The lowest BCUT2D eigenvalue weighted by Gasteiger charge is -2.24. The fourth-order valence-electron chi connectivity index (χ4n) is 3.31. The minimum atomic E-state index is -4.86. The Bertz CT molecular complexity index is 1000. The molecule has 0 radical (unpaired) electrons. The molecule has 0 saturated carbocycles. The van der Waals surface area contributed by atoms with Gasteiger partial charge in [0.15, 0.2) is 22.9 Å². The largest absolute Gasteiger partial charge is 0.496 e. The quantitative estimate of drug-likeness (QED) is 0.517. The highest BCUT2D eigenvalue weighted by Gasteiger charge is 2.37. The van der Waals surface area contributed by atoms with Gasteiger partial charge in [0.25, 0.3) is 0 Å². The van der Waals surface area contributed by atoms with Gasteiger partial charge in [-0.05, 0) is 24.0 Å². The second-order valence-electron chi connectivity index (χ2n) is 6.87. The summed E-state index contributed by atoms with van der Waals surface area (Å²) in [5, 5.41) is 9.88. The monoisotopic (exact) mass is 467 g/mol. The van der Waals surface area contributed by atoms with Gasteiger partial charge in [0.2, 0.25) is 0 Å². The molecule has 0 heterocycles. The van der Waals surface area contributed by atoms with E-state index >= 15 is 0 Å². The van der Waals surface area contributed by atoms with E-state index in [1.807, 2.05) is 19.9 Å². The SMILES string of the molecule is CCCc1cccc(CCC)c1OS(=O)(=O)N(C(=O)O)c1c(OC)cc(OC)cc1OC. The predicted molar refractivity (Wildman–Crippen MR) is 121 cm³/mol. The van der Waals surface area contributed by atoms with Crippen molar-refractivity contribution in [2.24, 2.45) is 0 Å².